The van der Waals surface area contributed by atoms with E-state index in [0.29, 0.717) is 0 Å². The molecule has 0 spiro atoms. The van der Waals surface area contributed by atoms with Gasteiger partial charge in [-0.3, -0.25) is 0 Å². The Hall–Kier alpha value is 0.610. The first-order chi connectivity index (χ1) is 1.73. The molecule has 7 heavy (non-hydrogen) atoms. The van der Waals surface area contributed by atoms with Crippen LogP contribution in [-0.4, -0.2) is 16.1 Å². The molecule has 0 aromatic heterocycles. The number of hydrogen-bond donors (Lipinski definition) is 2. The average molecular weight is 134 g/mol. The Morgan fingerprint density at radius 2 is 1.29 bits per heavy atom. The van der Waals surface area contributed by atoms with E-state index in [1.54, 1.807) is 0 Å². The maximum atomic E-state index is 4.62. The third kappa shape index (κ3) is 378. The normalized spacial score (nSPS) is 3.43. The second-order valence-electron chi connectivity index (χ2n) is 0.402. The third-order valence-electron chi connectivity index (χ3n) is 0. The summed E-state index contributed by atoms with van der Waals surface area (Å²) < 4.78 is 0. The fourth-order valence-corrected chi connectivity index (χ4v) is 0. The zero-order valence-corrected chi connectivity index (χ0v) is 6.83. The van der Waals surface area contributed by atoms with Crippen LogP contribution in [0.4, 0.5) is 0 Å². The standard InChI is InChI=1S/CH4N2S.Na.2H2O/c2-1(3)4;;;/h(H4,2,3,4);;2*1H2/q;+1;;/p-1. The molecule has 0 aromatic rings. The van der Waals surface area contributed by atoms with E-state index in [0.717, 1.165) is 0 Å². The fourth-order valence-electron chi connectivity index (χ4n) is 0. The summed E-state index contributed by atoms with van der Waals surface area (Å²) in [6.45, 7) is 0. The summed E-state index contributed by atoms with van der Waals surface area (Å²) in [5.74, 6) is 0. The maximum Gasteiger partial charge on any atom is 1.00 e. The Morgan fingerprint density at radius 3 is 1.29 bits per heavy atom. The first-order valence-corrected chi connectivity index (χ1v) is 1.19. The minimum Gasteiger partial charge on any atom is -0.870 e. The number of rotatable bonds is 0. The molecule has 0 radical (unpaired) electrons. The van der Waals surface area contributed by atoms with Crippen LogP contribution >= 0.6 is 12.2 Å². The SMILES string of the molecule is NC(N)=S.O.[Na+].[OH-]. The fraction of sp³-hybridized carbons (Fsp3) is 0. The monoisotopic (exact) mass is 134 g/mol. The van der Waals surface area contributed by atoms with E-state index in [1.165, 1.54) is 0 Å². The van der Waals surface area contributed by atoms with Crippen LogP contribution in [0.5, 0.6) is 0 Å². The van der Waals surface area contributed by atoms with Gasteiger partial charge in [0.15, 0.2) is 5.11 Å². The minimum absolute atomic E-state index is 0. The molecule has 0 aliphatic heterocycles. The predicted octanol–water partition coefficient (Wildman–Crippen LogP) is -4.81. The van der Waals surface area contributed by atoms with Gasteiger partial charge >= 0.3 is 29.6 Å². The summed E-state index contributed by atoms with van der Waals surface area (Å²) >= 11 is 4.09. The van der Waals surface area contributed by atoms with Crippen LogP contribution in [0.3, 0.4) is 0 Å². The molecule has 6 heteroatoms. The molecular weight excluding hydrogens is 127 g/mol. The molecule has 0 aliphatic carbocycles. The minimum atomic E-state index is 0. The Morgan fingerprint density at radius 1 is 1.29 bits per heavy atom. The molecule has 0 saturated heterocycles. The van der Waals surface area contributed by atoms with Crippen molar-refractivity contribution in [3.63, 3.8) is 0 Å². The van der Waals surface area contributed by atoms with Crippen LogP contribution in [0.1, 0.15) is 0 Å². The molecule has 4 nitrogen and oxygen atoms in total. The summed E-state index contributed by atoms with van der Waals surface area (Å²) in [7, 11) is 0. The van der Waals surface area contributed by atoms with E-state index in [1.807, 2.05) is 0 Å². The first-order valence-electron chi connectivity index (χ1n) is 0.781. The molecule has 0 fully saturated rings. The first kappa shape index (κ1) is 25.5. The molecule has 0 saturated carbocycles. The van der Waals surface area contributed by atoms with E-state index in [-0.39, 0.29) is 45.6 Å². The molecule has 0 aromatic carbocycles. The van der Waals surface area contributed by atoms with Crippen molar-refractivity contribution in [2.75, 3.05) is 0 Å². The zero-order valence-electron chi connectivity index (χ0n) is 4.01. The van der Waals surface area contributed by atoms with Gasteiger partial charge in [-0.15, -0.1) is 0 Å². The maximum absolute atomic E-state index is 4.62. The van der Waals surface area contributed by atoms with Crippen LogP contribution < -0.4 is 41.0 Å². The van der Waals surface area contributed by atoms with E-state index >= 15 is 0 Å². The van der Waals surface area contributed by atoms with Crippen LogP contribution in [-0.2, 0) is 0 Å². The van der Waals surface area contributed by atoms with Crippen LogP contribution in [0.2, 0.25) is 0 Å². The summed E-state index contributed by atoms with van der Waals surface area (Å²) in [6, 6.07) is 0. The molecule has 0 heterocycles. The van der Waals surface area contributed by atoms with Gasteiger partial charge in [-0.2, -0.15) is 0 Å². The van der Waals surface area contributed by atoms with Gasteiger partial charge in [0, 0.05) is 0 Å². The van der Waals surface area contributed by atoms with Crippen molar-refractivity contribution in [2.24, 2.45) is 11.5 Å². The van der Waals surface area contributed by atoms with Crippen molar-refractivity contribution in [1.82, 2.24) is 0 Å². The van der Waals surface area contributed by atoms with Gasteiger partial charge < -0.3 is 22.4 Å². The van der Waals surface area contributed by atoms with Crippen molar-refractivity contribution < 1.29 is 40.5 Å². The van der Waals surface area contributed by atoms with Crippen LogP contribution in [0.15, 0.2) is 0 Å². The molecule has 0 amide bonds. The number of hydrogen-bond acceptors (Lipinski definition) is 2. The Labute approximate surface area is 69.2 Å². The van der Waals surface area contributed by atoms with Gasteiger partial charge in [-0.05, 0) is 12.2 Å². The molecule has 0 bridgehead atoms. The van der Waals surface area contributed by atoms with Gasteiger partial charge in [-0.25, -0.2) is 0 Å². The van der Waals surface area contributed by atoms with Crippen molar-refractivity contribution in [2.45, 2.75) is 0 Å². The van der Waals surface area contributed by atoms with Crippen molar-refractivity contribution >= 4 is 17.3 Å². The van der Waals surface area contributed by atoms with Gasteiger partial charge in [0.25, 0.3) is 0 Å². The van der Waals surface area contributed by atoms with Gasteiger partial charge in [-0.1, -0.05) is 0 Å². The summed E-state index contributed by atoms with van der Waals surface area (Å²) in [4.78, 5) is 0. The van der Waals surface area contributed by atoms with E-state index < -0.39 is 0 Å². The van der Waals surface area contributed by atoms with E-state index in [2.05, 4.69) is 23.7 Å². The quantitative estimate of drug-likeness (QED) is 0.255. The molecule has 7 N–H and O–H groups in total. The summed E-state index contributed by atoms with van der Waals surface area (Å²) in [5, 5.41) is 0.000000000000000222. The molecule has 0 atom stereocenters. The molecule has 40 valence electrons. The molecule has 0 rings (SSSR count). The summed E-state index contributed by atoms with van der Waals surface area (Å²) in [6.07, 6.45) is 0. The Balaban J connectivity index is -0.0000000150. The second kappa shape index (κ2) is 16.0. The van der Waals surface area contributed by atoms with Crippen LogP contribution in [0.25, 0.3) is 0 Å². The largest absolute Gasteiger partial charge is 1.00 e. The molecule has 0 unspecified atom stereocenters. The summed E-state index contributed by atoms with van der Waals surface area (Å²) in [5.41, 5.74) is 9.24. The van der Waals surface area contributed by atoms with E-state index in [9.17, 15) is 0 Å². The topological polar surface area (TPSA) is 114 Å². The van der Waals surface area contributed by atoms with Crippen LogP contribution in [0, 0.1) is 0 Å². The van der Waals surface area contributed by atoms with Crippen molar-refractivity contribution in [3.8, 4) is 0 Å². The predicted molar refractivity (Wildman–Crippen MR) is 26.5 cm³/mol. The molecule has 0 aliphatic rings. The van der Waals surface area contributed by atoms with Gasteiger partial charge in [0.1, 0.15) is 0 Å². The second-order valence-corrected chi connectivity index (χ2v) is 0.874. The number of nitrogens with two attached hydrogens (primary N) is 2. The molecular formula is CH7N2NaO2S. The van der Waals surface area contributed by atoms with Crippen molar-refractivity contribution in [1.29, 1.82) is 0 Å². The average Bonchev–Trinajstić information content (AvgIpc) is 0.811. The Kier molecular flexibility index (Phi) is 58.2. The van der Waals surface area contributed by atoms with Gasteiger partial charge in [0.2, 0.25) is 0 Å². The third-order valence-corrected chi connectivity index (χ3v) is 0. The number of thiocarbonyl (C=S) groups is 1. The zero-order chi connectivity index (χ0) is 3.58. The van der Waals surface area contributed by atoms with Gasteiger partial charge in [0.05, 0.1) is 0 Å². The van der Waals surface area contributed by atoms with E-state index in [4.69, 9.17) is 0 Å². The Bertz CT molecular complexity index is 38.7. The van der Waals surface area contributed by atoms with Crippen molar-refractivity contribution in [3.05, 3.63) is 0 Å². The smallest absolute Gasteiger partial charge is 0.870 e.